The Morgan fingerprint density at radius 1 is 1.43 bits per heavy atom. The molecular formula is C15H15BrClFN2O. The zero-order valence-corrected chi connectivity index (χ0v) is 14.1. The maximum Gasteiger partial charge on any atom is 0.272 e. The van der Waals surface area contributed by atoms with E-state index in [0.717, 1.165) is 12.0 Å². The third-order valence-corrected chi connectivity index (χ3v) is 3.89. The summed E-state index contributed by atoms with van der Waals surface area (Å²) >= 11 is 9.08. The molecule has 0 bridgehead atoms. The summed E-state index contributed by atoms with van der Waals surface area (Å²) in [5.74, 6) is -0.724. The van der Waals surface area contributed by atoms with E-state index in [2.05, 4.69) is 21.2 Å². The van der Waals surface area contributed by atoms with Crippen LogP contribution in [0.4, 0.5) is 10.1 Å². The molecule has 0 aliphatic heterocycles. The van der Waals surface area contributed by atoms with Gasteiger partial charge in [-0.3, -0.25) is 4.79 Å². The van der Waals surface area contributed by atoms with Gasteiger partial charge in [-0.15, -0.1) is 0 Å². The van der Waals surface area contributed by atoms with Crippen molar-refractivity contribution in [3.8, 4) is 0 Å². The number of carbonyl (C=O) groups excluding carboxylic acids is 1. The van der Waals surface area contributed by atoms with Gasteiger partial charge in [0.2, 0.25) is 0 Å². The summed E-state index contributed by atoms with van der Waals surface area (Å²) in [4.78, 5) is 12.3. The number of hydrogen-bond donors (Lipinski definition) is 1. The van der Waals surface area contributed by atoms with Crippen LogP contribution in [0.25, 0.3) is 0 Å². The van der Waals surface area contributed by atoms with Crippen molar-refractivity contribution >= 4 is 39.1 Å². The summed E-state index contributed by atoms with van der Waals surface area (Å²) in [5.41, 5.74) is 1.68. The van der Waals surface area contributed by atoms with Crippen LogP contribution < -0.4 is 5.32 Å². The molecule has 0 spiro atoms. The maximum atomic E-state index is 13.6. The van der Waals surface area contributed by atoms with Crippen LogP contribution in [0, 0.1) is 12.7 Å². The number of aryl methyl sites for hydroxylation is 2. The quantitative estimate of drug-likeness (QED) is 0.803. The third kappa shape index (κ3) is 3.66. The minimum Gasteiger partial charge on any atom is -0.342 e. The first kappa shape index (κ1) is 16.0. The fourth-order valence-corrected chi connectivity index (χ4v) is 2.74. The van der Waals surface area contributed by atoms with Crippen LogP contribution in [-0.4, -0.2) is 10.5 Å². The molecule has 0 atom stereocenters. The smallest absolute Gasteiger partial charge is 0.272 e. The number of nitrogens with zero attached hydrogens (tertiary/aromatic N) is 1. The molecule has 1 aromatic heterocycles. The standard InChI is InChI=1S/C15H15BrClFN2O/c1-3-4-20-8-10(17)6-14(20)15(21)19-13-7-12(18)11(16)5-9(13)2/h5-8H,3-4H2,1-2H3,(H,19,21). The Balaban J connectivity index is 2.28. The Labute approximate surface area is 136 Å². The van der Waals surface area contributed by atoms with Crippen LogP contribution in [0.2, 0.25) is 5.02 Å². The molecule has 3 nitrogen and oxygen atoms in total. The van der Waals surface area contributed by atoms with Crippen molar-refractivity contribution in [2.45, 2.75) is 26.8 Å². The average molecular weight is 374 g/mol. The van der Waals surface area contributed by atoms with Gasteiger partial charge < -0.3 is 9.88 Å². The van der Waals surface area contributed by atoms with Gasteiger partial charge in [0.15, 0.2) is 0 Å². The van der Waals surface area contributed by atoms with Crippen molar-refractivity contribution in [2.24, 2.45) is 0 Å². The van der Waals surface area contributed by atoms with Gasteiger partial charge in [-0.1, -0.05) is 18.5 Å². The van der Waals surface area contributed by atoms with E-state index in [0.29, 0.717) is 27.4 Å². The number of nitrogens with one attached hydrogen (secondary N) is 1. The molecule has 1 amide bonds. The van der Waals surface area contributed by atoms with Crippen LogP contribution in [0.1, 0.15) is 29.4 Å². The Bertz CT molecular complexity index is 685. The molecule has 0 fully saturated rings. The maximum absolute atomic E-state index is 13.6. The molecular weight excluding hydrogens is 359 g/mol. The lowest BCUT2D eigenvalue weighted by Gasteiger charge is -2.11. The lowest BCUT2D eigenvalue weighted by atomic mass is 10.2. The summed E-state index contributed by atoms with van der Waals surface area (Å²) in [6, 6.07) is 4.53. The third-order valence-electron chi connectivity index (χ3n) is 3.08. The molecule has 0 radical (unpaired) electrons. The van der Waals surface area contributed by atoms with Crippen LogP contribution >= 0.6 is 27.5 Å². The van der Waals surface area contributed by atoms with Gasteiger partial charge in [0.1, 0.15) is 11.5 Å². The molecule has 2 rings (SSSR count). The fraction of sp³-hybridized carbons (Fsp3) is 0.267. The highest BCUT2D eigenvalue weighted by Crippen LogP contribution is 2.25. The van der Waals surface area contributed by atoms with E-state index in [9.17, 15) is 9.18 Å². The molecule has 0 saturated heterocycles. The highest BCUT2D eigenvalue weighted by Gasteiger charge is 2.15. The summed E-state index contributed by atoms with van der Waals surface area (Å²) in [5, 5.41) is 3.23. The molecule has 1 N–H and O–H groups in total. The largest absolute Gasteiger partial charge is 0.342 e. The predicted octanol–water partition coefficient (Wildman–Crippen LogP) is 5.01. The SMILES string of the molecule is CCCn1cc(Cl)cc1C(=O)Nc1cc(F)c(Br)cc1C. The van der Waals surface area contributed by atoms with E-state index in [1.807, 2.05) is 6.92 Å². The molecule has 2 aromatic rings. The normalized spacial score (nSPS) is 10.7. The summed E-state index contributed by atoms with van der Waals surface area (Å²) in [6.45, 7) is 4.52. The summed E-state index contributed by atoms with van der Waals surface area (Å²) in [6.07, 6.45) is 2.60. The lowest BCUT2D eigenvalue weighted by Crippen LogP contribution is -2.17. The van der Waals surface area contributed by atoms with Crippen molar-refractivity contribution in [3.05, 3.63) is 51.0 Å². The van der Waals surface area contributed by atoms with Gasteiger partial charge in [0, 0.05) is 18.4 Å². The number of rotatable bonds is 4. The number of aromatic nitrogens is 1. The average Bonchev–Trinajstić information content (AvgIpc) is 2.77. The molecule has 0 aliphatic carbocycles. The Hall–Kier alpha value is -1.33. The first-order valence-electron chi connectivity index (χ1n) is 6.55. The highest BCUT2D eigenvalue weighted by atomic mass is 79.9. The van der Waals surface area contributed by atoms with Crippen molar-refractivity contribution in [1.82, 2.24) is 4.57 Å². The fourth-order valence-electron chi connectivity index (χ4n) is 2.06. The van der Waals surface area contributed by atoms with Gasteiger partial charge in [-0.25, -0.2) is 4.39 Å². The van der Waals surface area contributed by atoms with Gasteiger partial charge in [-0.05, 0) is 53.0 Å². The van der Waals surface area contributed by atoms with Crippen LogP contribution in [0.5, 0.6) is 0 Å². The van der Waals surface area contributed by atoms with Crippen LogP contribution in [-0.2, 0) is 6.54 Å². The molecule has 1 heterocycles. The molecule has 6 heteroatoms. The van der Waals surface area contributed by atoms with Gasteiger partial charge in [0.25, 0.3) is 5.91 Å². The monoisotopic (exact) mass is 372 g/mol. The zero-order valence-electron chi connectivity index (χ0n) is 11.7. The van der Waals surface area contributed by atoms with E-state index >= 15 is 0 Å². The molecule has 112 valence electrons. The second-order valence-corrected chi connectivity index (χ2v) is 6.06. The Morgan fingerprint density at radius 2 is 2.14 bits per heavy atom. The summed E-state index contributed by atoms with van der Waals surface area (Å²) in [7, 11) is 0. The van der Waals surface area contributed by atoms with E-state index in [1.54, 1.807) is 29.8 Å². The number of halogens is 3. The molecule has 0 aliphatic rings. The summed E-state index contributed by atoms with van der Waals surface area (Å²) < 4.78 is 15.8. The second-order valence-electron chi connectivity index (χ2n) is 4.77. The van der Waals surface area contributed by atoms with Gasteiger partial charge in [-0.2, -0.15) is 0 Å². The minimum absolute atomic E-state index is 0.305. The molecule has 0 saturated carbocycles. The number of carbonyl (C=O) groups is 1. The van der Waals surface area contributed by atoms with Gasteiger partial charge >= 0.3 is 0 Å². The second kappa shape index (κ2) is 6.62. The molecule has 1 aromatic carbocycles. The molecule has 21 heavy (non-hydrogen) atoms. The lowest BCUT2D eigenvalue weighted by molar-refractivity contribution is 0.101. The van der Waals surface area contributed by atoms with Crippen molar-refractivity contribution < 1.29 is 9.18 Å². The van der Waals surface area contributed by atoms with E-state index in [-0.39, 0.29) is 5.91 Å². The van der Waals surface area contributed by atoms with Crippen molar-refractivity contribution in [3.63, 3.8) is 0 Å². The van der Waals surface area contributed by atoms with E-state index < -0.39 is 5.82 Å². The van der Waals surface area contributed by atoms with E-state index in [1.165, 1.54) is 6.07 Å². The Kier molecular flexibility index (Phi) is 5.06. The van der Waals surface area contributed by atoms with Crippen LogP contribution in [0.3, 0.4) is 0 Å². The van der Waals surface area contributed by atoms with E-state index in [4.69, 9.17) is 11.6 Å². The zero-order chi connectivity index (χ0) is 15.6. The Morgan fingerprint density at radius 3 is 2.81 bits per heavy atom. The number of anilines is 1. The predicted molar refractivity (Wildman–Crippen MR) is 86.5 cm³/mol. The van der Waals surface area contributed by atoms with Crippen molar-refractivity contribution in [1.29, 1.82) is 0 Å². The minimum atomic E-state index is -0.419. The first-order valence-corrected chi connectivity index (χ1v) is 7.72. The van der Waals surface area contributed by atoms with Crippen molar-refractivity contribution in [2.75, 3.05) is 5.32 Å². The number of benzene rings is 1. The van der Waals surface area contributed by atoms with Crippen LogP contribution in [0.15, 0.2) is 28.9 Å². The number of amides is 1. The molecule has 0 unspecified atom stereocenters. The highest BCUT2D eigenvalue weighted by molar-refractivity contribution is 9.10. The first-order chi connectivity index (χ1) is 9.92. The van der Waals surface area contributed by atoms with Gasteiger partial charge in [0.05, 0.1) is 9.50 Å². The number of hydrogen-bond acceptors (Lipinski definition) is 1. The topological polar surface area (TPSA) is 34.0 Å².